The predicted molar refractivity (Wildman–Crippen MR) is 111 cm³/mol. The largest absolute Gasteiger partial charge is 0.342 e. The molecule has 8 nitrogen and oxygen atoms in total. The van der Waals surface area contributed by atoms with Gasteiger partial charge in [0.25, 0.3) is 5.91 Å². The molecule has 0 saturated carbocycles. The van der Waals surface area contributed by atoms with E-state index in [0.717, 1.165) is 29.7 Å². The number of imidazole rings is 1. The van der Waals surface area contributed by atoms with Crippen molar-refractivity contribution in [2.75, 3.05) is 18.4 Å². The minimum absolute atomic E-state index is 0.102. The lowest BCUT2D eigenvalue weighted by Crippen LogP contribution is -2.39. The number of nitrogens with zero attached hydrogens (tertiary/aromatic N) is 4. The van der Waals surface area contributed by atoms with E-state index in [1.54, 1.807) is 13.1 Å². The van der Waals surface area contributed by atoms with Crippen LogP contribution in [0.1, 0.15) is 48.9 Å². The van der Waals surface area contributed by atoms with Crippen LogP contribution in [0.2, 0.25) is 0 Å². The topological polar surface area (TPSA) is 95.9 Å². The molecule has 0 radical (unpaired) electrons. The number of para-hydroxylation sites is 2. The summed E-state index contributed by atoms with van der Waals surface area (Å²) in [5, 5.41) is 7.13. The molecule has 1 fully saturated rings. The second-order valence-electron chi connectivity index (χ2n) is 7.91. The molecule has 3 heterocycles. The number of nitrogens with one attached hydrogen (secondary N) is 2. The van der Waals surface area contributed by atoms with Crippen molar-refractivity contribution < 1.29 is 9.59 Å². The maximum absolute atomic E-state index is 13.0. The van der Waals surface area contributed by atoms with E-state index >= 15 is 0 Å². The Balaban J connectivity index is 1.49. The molecular formula is C21H26N6O2. The first-order valence-electron chi connectivity index (χ1n) is 10.0. The third-order valence-corrected chi connectivity index (χ3v) is 5.38. The number of likely N-dealkylation sites (tertiary alicyclic amines) is 1. The molecule has 2 amide bonds. The number of piperidine rings is 1. The molecule has 1 aromatic carbocycles. The Bertz CT molecular complexity index is 1020. The number of anilines is 1. The van der Waals surface area contributed by atoms with Crippen LogP contribution in [0.15, 0.2) is 30.3 Å². The van der Waals surface area contributed by atoms with Crippen molar-refractivity contribution in [1.82, 2.24) is 24.6 Å². The highest BCUT2D eigenvalue weighted by Crippen LogP contribution is 2.27. The van der Waals surface area contributed by atoms with E-state index in [1.807, 2.05) is 43.0 Å². The van der Waals surface area contributed by atoms with E-state index < -0.39 is 0 Å². The van der Waals surface area contributed by atoms with Crippen LogP contribution in [0.3, 0.4) is 0 Å². The number of fused-ring (bicyclic) bond motifs is 1. The van der Waals surface area contributed by atoms with Crippen molar-refractivity contribution in [2.24, 2.45) is 13.0 Å². The summed E-state index contributed by atoms with van der Waals surface area (Å²) >= 11 is 0. The van der Waals surface area contributed by atoms with Gasteiger partial charge in [-0.1, -0.05) is 26.0 Å². The number of H-pyrrole nitrogens is 1. The highest BCUT2D eigenvalue weighted by atomic mass is 16.2. The van der Waals surface area contributed by atoms with Crippen LogP contribution < -0.4 is 5.32 Å². The van der Waals surface area contributed by atoms with Crippen LogP contribution in [-0.2, 0) is 11.8 Å². The molecule has 1 atom stereocenters. The monoisotopic (exact) mass is 394 g/mol. The summed E-state index contributed by atoms with van der Waals surface area (Å²) < 4.78 is 1.54. The van der Waals surface area contributed by atoms with Gasteiger partial charge < -0.3 is 15.2 Å². The number of carbonyl (C=O) groups excluding carboxylic acids is 2. The van der Waals surface area contributed by atoms with Gasteiger partial charge in [0.15, 0.2) is 5.69 Å². The van der Waals surface area contributed by atoms with Crippen LogP contribution >= 0.6 is 0 Å². The van der Waals surface area contributed by atoms with Gasteiger partial charge in [-0.25, -0.2) is 4.98 Å². The molecule has 0 aliphatic carbocycles. The second-order valence-corrected chi connectivity index (χ2v) is 7.91. The maximum atomic E-state index is 13.0. The highest BCUT2D eigenvalue weighted by Gasteiger charge is 2.29. The molecule has 1 saturated heterocycles. The normalized spacial score (nSPS) is 17.1. The number of carbonyl (C=O) groups is 2. The van der Waals surface area contributed by atoms with E-state index in [9.17, 15) is 9.59 Å². The molecule has 1 unspecified atom stereocenters. The average molecular weight is 394 g/mol. The molecule has 4 rings (SSSR count). The summed E-state index contributed by atoms with van der Waals surface area (Å²) in [6.45, 7) is 4.94. The van der Waals surface area contributed by atoms with E-state index in [4.69, 9.17) is 4.98 Å². The van der Waals surface area contributed by atoms with Gasteiger partial charge >= 0.3 is 0 Å². The number of benzene rings is 1. The molecule has 8 heteroatoms. The zero-order valence-electron chi connectivity index (χ0n) is 17.0. The molecule has 0 bridgehead atoms. The number of hydrogen-bond donors (Lipinski definition) is 2. The Kier molecular flexibility index (Phi) is 5.08. The fourth-order valence-corrected chi connectivity index (χ4v) is 3.67. The van der Waals surface area contributed by atoms with Crippen LogP contribution in [0.5, 0.6) is 0 Å². The molecule has 3 aromatic rings. The minimum Gasteiger partial charge on any atom is -0.342 e. The second kappa shape index (κ2) is 7.69. The Labute approximate surface area is 169 Å². The third kappa shape index (κ3) is 3.87. The molecule has 152 valence electrons. The van der Waals surface area contributed by atoms with Crippen LogP contribution in [0.4, 0.5) is 5.82 Å². The quantitative estimate of drug-likeness (QED) is 0.711. The Morgan fingerprint density at radius 1 is 1.28 bits per heavy atom. The first-order valence-corrected chi connectivity index (χ1v) is 10.0. The highest BCUT2D eigenvalue weighted by molar-refractivity contribution is 5.96. The van der Waals surface area contributed by atoms with E-state index in [0.29, 0.717) is 24.6 Å². The standard InChI is InChI=1S/C21H26N6O2/c1-13(2)20(28)24-18-11-17(25-26(18)3)21(29)27-10-6-7-14(12-27)19-22-15-8-4-5-9-16(15)23-19/h4-5,8-9,11,13-14H,6-7,10,12H2,1-3H3,(H,22,23)(H,24,28). The van der Waals surface area contributed by atoms with Crippen molar-refractivity contribution in [2.45, 2.75) is 32.6 Å². The molecule has 2 aromatic heterocycles. The lowest BCUT2D eigenvalue weighted by molar-refractivity contribution is -0.118. The van der Waals surface area contributed by atoms with Crippen molar-refractivity contribution in [3.63, 3.8) is 0 Å². The van der Waals surface area contributed by atoms with Crippen molar-refractivity contribution in [1.29, 1.82) is 0 Å². The molecule has 0 spiro atoms. The van der Waals surface area contributed by atoms with Gasteiger partial charge in [0.2, 0.25) is 5.91 Å². The summed E-state index contributed by atoms with van der Waals surface area (Å²) in [5.74, 6) is 1.26. The molecule has 2 N–H and O–H groups in total. The lowest BCUT2D eigenvalue weighted by Gasteiger charge is -2.31. The smallest absolute Gasteiger partial charge is 0.274 e. The lowest BCUT2D eigenvalue weighted by atomic mass is 9.97. The fourth-order valence-electron chi connectivity index (χ4n) is 3.67. The van der Waals surface area contributed by atoms with E-state index in [-0.39, 0.29) is 23.7 Å². The van der Waals surface area contributed by atoms with Crippen LogP contribution in [0.25, 0.3) is 11.0 Å². The van der Waals surface area contributed by atoms with Gasteiger partial charge in [-0.15, -0.1) is 0 Å². The summed E-state index contributed by atoms with van der Waals surface area (Å²) in [5.41, 5.74) is 2.30. The van der Waals surface area contributed by atoms with Gasteiger partial charge in [0.1, 0.15) is 11.6 Å². The first kappa shape index (κ1) is 19.2. The number of aromatic amines is 1. The zero-order chi connectivity index (χ0) is 20.5. The Morgan fingerprint density at radius 2 is 2.07 bits per heavy atom. The summed E-state index contributed by atoms with van der Waals surface area (Å²) in [6, 6.07) is 9.60. The van der Waals surface area contributed by atoms with Gasteiger partial charge in [-0.2, -0.15) is 5.10 Å². The van der Waals surface area contributed by atoms with Crippen LogP contribution in [0, 0.1) is 5.92 Å². The number of amides is 2. The Hall–Kier alpha value is -3.16. The van der Waals surface area contributed by atoms with Gasteiger partial charge in [0.05, 0.1) is 11.0 Å². The van der Waals surface area contributed by atoms with E-state index in [2.05, 4.69) is 15.4 Å². The number of hydrogen-bond acceptors (Lipinski definition) is 4. The fraction of sp³-hybridized carbons (Fsp3) is 0.429. The van der Waals surface area contributed by atoms with E-state index in [1.165, 1.54) is 4.68 Å². The number of rotatable bonds is 4. The summed E-state index contributed by atoms with van der Waals surface area (Å²) in [7, 11) is 1.72. The SMILES string of the molecule is CC(C)C(=O)Nc1cc(C(=O)N2CCCC(c3nc4ccccc4[nH]3)C2)nn1C. The van der Waals surface area contributed by atoms with Crippen LogP contribution in [-0.4, -0.2) is 49.6 Å². The molecule has 1 aliphatic heterocycles. The maximum Gasteiger partial charge on any atom is 0.274 e. The number of aromatic nitrogens is 4. The molecule has 29 heavy (non-hydrogen) atoms. The zero-order valence-corrected chi connectivity index (χ0v) is 17.0. The molecular weight excluding hydrogens is 368 g/mol. The third-order valence-electron chi connectivity index (χ3n) is 5.38. The molecule has 1 aliphatic rings. The van der Waals surface area contributed by atoms with Crippen molar-refractivity contribution >= 4 is 28.7 Å². The van der Waals surface area contributed by atoms with Crippen molar-refractivity contribution in [3.8, 4) is 0 Å². The predicted octanol–water partition coefficient (Wildman–Crippen LogP) is 2.91. The van der Waals surface area contributed by atoms with Gasteiger partial charge in [-0.05, 0) is 25.0 Å². The number of aryl methyl sites for hydroxylation is 1. The first-order chi connectivity index (χ1) is 13.9. The average Bonchev–Trinajstić information content (AvgIpc) is 3.31. The van der Waals surface area contributed by atoms with Crippen molar-refractivity contribution in [3.05, 3.63) is 41.9 Å². The van der Waals surface area contributed by atoms with Gasteiger partial charge in [-0.3, -0.25) is 14.3 Å². The summed E-state index contributed by atoms with van der Waals surface area (Å²) in [4.78, 5) is 34.9. The Morgan fingerprint density at radius 3 is 2.83 bits per heavy atom. The minimum atomic E-state index is -0.143. The van der Waals surface area contributed by atoms with Gasteiger partial charge in [0, 0.05) is 38.0 Å². The summed E-state index contributed by atoms with van der Waals surface area (Å²) in [6.07, 6.45) is 1.90.